The molecule has 5 rings (SSSR count). The van der Waals surface area contributed by atoms with Crippen molar-refractivity contribution in [3.8, 4) is 5.69 Å². The van der Waals surface area contributed by atoms with E-state index in [0.717, 1.165) is 16.4 Å². The lowest BCUT2D eigenvalue weighted by Crippen LogP contribution is -2.41. The number of benzene rings is 2. The molecule has 2 aromatic heterocycles. The van der Waals surface area contributed by atoms with Crippen LogP contribution in [0.5, 0.6) is 0 Å². The first-order chi connectivity index (χ1) is 18.0. The zero-order valence-electron chi connectivity index (χ0n) is 21.0. The van der Waals surface area contributed by atoms with Crippen LogP contribution in [-0.2, 0) is 23.5 Å². The number of halogens is 1. The van der Waals surface area contributed by atoms with Crippen LogP contribution in [0.15, 0.2) is 62.9 Å². The van der Waals surface area contributed by atoms with Gasteiger partial charge in [-0.05, 0) is 55.2 Å². The average Bonchev–Trinajstić information content (AvgIpc) is 3.67. The second-order valence-electron chi connectivity index (χ2n) is 9.40. The number of pyridine rings is 1. The number of fused-ring (bicyclic) bond motifs is 1. The minimum atomic E-state index is -3.61. The molecular weight excluding hydrogens is 513 g/mol. The second kappa shape index (κ2) is 9.28. The van der Waals surface area contributed by atoms with E-state index in [2.05, 4.69) is 10.0 Å². The van der Waals surface area contributed by atoms with Gasteiger partial charge < -0.3 is 5.32 Å². The molecule has 0 amide bonds. The Morgan fingerprint density at radius 1 is 1.03 bits per heavy atom. The lowest BCUT2D eigenvalue weighted by molar-refractivity contribution is 0.607. The number of nitrogens with zero attached hydrogens (tertiary/aromatic N) is 3. The zero-order valence-corrected chi connectivity index (χ0v) is 21.8. The highest BCUT2D eigenvalue weighted by Gasteiger charge is 2.31. The molecule has 0 radical (unpaired) electrons. The van der Waals surface area contributed by atoms with Crippen molar-refractivity contribution in [2.45, 2.75) is 32.2 Å². The summed E-state index contributed by atoms with van der Waals surface area (Å²) in [4.78, 5) is 40.5. The van der Waals surface area contributed by atoms with Crippen LogP contribution in [0.1, 0.15) is 31.4 Å². The highest BCUT2D eigenvalue weighted by atomic mass is 32.2. The topological polar surface area (TPSA) is 124 Å². The minimum Gasteiger partial charge on any atom is -0.352 e. The summed E-state index contributed by atoms with van der Waals surface area (Å²) in [5, 5.41) is 2.92. The lowest BCUT2D eigenvalue weighted by Gasteiger charge is -2.19. The van der Waals surface area contributed by atoms with Gasteiger partial charge in [-0.25, -0.2) is 22.2 Å². The van der Waals surface area contributed by atoms with Gasteiger partial charge in [0.15, 0.2) is 0 Å². The number of anilines is 3. The van der Waals surface area contributed by atoms with E-state index in [1.54, 1.807) is 18.2 Å². The summed E-state index contributed by atoms with van der Waals surface area (Å²) in [6.45, 7) is 1.90. The largest absolute Gasteiger partial charge is 0.352 e. The molecule has 2 aromatic carbocycles. The van der Waals surface area contributed by atoms with Crippen molar-refractivity contribution in [1.82, 2.24) is 13.7 Å². The Morgan fingerprint density at radius 2 is 1.76 bits per heavy atom. The fraction of sp³-hybridized carbons (Fsp3) is 0.269. The zero-order chi connectivity index (χ0) is 27.4. The molecule has 10 nitrogen and oxygen atoms in total. The van der Waals surface area contributed by atoms with E-state index < -0.39 is 32.6 Å². The monoisotopic (exact) mass is 539 g/mol. The predicted molar refractivity (Wildman–Crippen MR) is 145 cm³/mol. The van der Waals surface area contributed by atoms with Gasteiger partial charge in [0.25, 0.3) is 11.1 Å². The normalized spacial score (nSPS) is 13.6. The standard InChI is InChI=1S/C26H26FN5O5S/c1-4-15-8-11-20(19(27)12-15)28-21-14-22(33)30(2)24-23(21)25(34)32(17-9-10-17)26(35)31(24)18-7-5-6-16(13-18)29-38(3,36)37/h5-8,11-14,17,28-29H,4,9-10H2,1-3H3. The van der Waals surface area contributed by atoms with Gasteiger partial charge in [-0.1, -0.05) is 19.1 Å². The van der Waals surface area contributed by atoms with Crippen molar-refractivity contribution in [2.75, 3.05) is 16.3 Å². The summed E-state index contributed by atoms with van der Waals surface area (Å²) in [5.41, 5.74) is -0.433. The first-order valence-corrected chi connectivity index (χ1v) is 13.9. The van der Waals surface area contributed by atoms with Gasteiger partial charge in [0.2, 0.25) is 10.0 Å². The molecular formula is C26H26FN5O5S. The predicted octanol–water partition coefficient (Wildman–Crippen LogP) is 3.00. The highest BCUT2D eigenvalue weighted by molar-refractivity contribution is 7.92. The smallest absolute Gasteiger partial charge is 0.337 e. The number of hydrogen-bond acceptors (Lipinski definition) is 6. The van der Waals surface area contributed by atoms with E-state index in [-0.39, 0.29) is 39.8 Å². The molecule has 0 unspecified atom stereocenters. The summed E-state index contributed by atoms with van der Waals surface area (Å²) in [7, 11) is -2.17. The fourth-order valence-electron chi connectivity index (χ4n) is 4.50. The quantitative estimate of drug-likeness (QED) is 0.372. The molecule has 1 aliphatic rings. The van der Waals surface area contributed by atoms with Crippen LogP contribution in [0.2, 0.25) is 0 Å². The Morgan fingerprint density at radius 3 is 2.39 bits per heavy atom. The highest BCUT2D eigenvalue weighted by Crippen LogP contribution is 2.34. The van der Waals surface area contributed by atoms with Crippen molar-refractivity contribution in [1.29, 1.82) is 0 Å². The third-order valence-electron chi connectivity index (χ3n) is 6.48. The van der Waals surface area contributed by atoms with Crippen molar-refractivity contribution < 1.29 is 12.8 Å². The van der Waals surface area contributed by atoms with E-state index in [0.29, 0.717) is 19.3 Å². The molecule has 2 heterocycles. The van der Waals surface area contributed by atoms with Crippen LogP contribution in [0.4, 0.5) is 21.5 Å². The average molecular weight is 540 g/mol. The minimum absolute atomic E-state index is 0.00556. The lowest BCUT2D eigenvalue weighted by atomic mass is 10.1. The first-order valence-electron chi connectivity index (χ1n) is 12.0. The van der Waals surface area contributed by atoms with Gasteiger partial charge in [0.05, 0.1) is 29.0 Å². The van der Waals surface area contributed by atoms with Gasteiger partial charge in [0.1, 0.15) is 16.9 Å². The maximum atomic E-state index is 14.9. The van der Waals surface area contributed by atoms with Gasteiger partial charge in [-0.15, -0.1) is 0 Å². The van der Waals surface area contributed by atoms with Crippen LogP contribution >= 0.6 is 0 Å². The molecule has 4 aromatic rings. The van der Waals surface area contributed by atoms with Crippen molar-refractivity contribution in [3.05, 3.63) is 91.1 Å². The maximum Gasteiger partial charge on any atom is 0.337 e. The number of nitrogens with one attached hydrogen (secondary N) is 2. The number of hydrogen-bond donors (Lipinski definition) is 2. The van der Waals surface area contributed by atoms with E-state index in [4.69, 9.17) is 0 Å². The molecule has 12 heteroatoms. The van der Waals surface area contributed by atoms with Crippen LogP contribution in [-0.4, -0.2) is 28.4 Å². The van der Waals surface area contributed by atoms with Gasteiger partial charge >= 0.3 is 5.69 Å². The van der Waals surface area contributed by atoms with Gasteiger partial charge in [0, 0.05) is 19.2 Å². The molecule has 2 N–H and O–H groups in total. The molecule has 0 bridgehead atoms. The third kappa shape index (κ3) is 4.62. The number of rotatable bonds is 7. The third-order valence-corrected chi connectivity index (χ3v) is 7.09. The van der Waals surface area contributed by atoms with Crippen LogP contribution in [0.25, 0.3) is 16.7 Å². The van der Waals surface area contributed by atoms with Crippen molar-refractivity contribution in [3.63, 3.8) is 0 Å². The van der Waals surface area contributed by atoms with Crippen molar-refractivity contribution in [2.24, 2.45) is 7.05 Å². The van der Waals surface area contributed by atoms with E-state index in [1.807, 2.05) is 6.92 Å². The number of aryl methyl sites for hydroxylation is 2. The van der Waals surface area contributed by atoms with Crippen LogP contribution in [0, 0.1) is 5.82 Å². The molecule has 0 atom stereocenters. The van der Waals surface area contributed by atoms with E-state index >= 15 is 0 Å². The summed E-state index contributed by atoms with van der Waals surface area (Å²) in [6, 6.07) is 11.6. The summed E-state index contributed by atoms with van der Waals surface area (Å²) in [5.74, 6) is -0.548. The fourth-order valence-corrected chi connectivity index (χ4v) is 5.05. The Kier molecular flexibility index (Phi) is 6.22. The molecule has 38 heavy (non-hydrogen) atoms. The molecule has 1 fully saturated rings. The summed E-state index contributed by atoms with van der Waals surface area (Å²) >= 11 is 0. The van der Waals surface area contributed by atoms with Crippen LogP contribution in [0.3, 0.4) is 0 Å². The Bertz CT molecular complexity index is 1890. The molecule has 0 aliphatic heterocycles. The molecule has 1 saturated carbocycles. The number of aromatic nitrogens is 3. The van der Waals surface area contributed by atoms with Gasteiger partial charge in [-0.3, -0.25) is 23.4 Å². The molecule has 0 saturated heterocycles. The van der Waals surface area contributed by atoms with E-state index in [9.17, 15) is 27.2 Å². The Labute approximate surface area is 217 Å². The summed E-state index contributed by atoms with van der Waals surface area (Å²) < 4.78 is 44.4. The summed E-state index contributed by atoms with van der Waals surface area (Å²) in [6.07, 6.45) is 2.91. The Hall–Kier alpha value is -4.19. The molecule has 0 spiro atoms. The first kappa shape index (κ1) is 25.5. The van der Waals surface area contributed by atoms with Crippen LogP contribution < -0.4 is 26.8 Å². The molecule has 198 valence electrons. The Balaban J connectivity index is 1.84. The van der Waals surface area contributed by atoms with E-state index in [1.165, 1.54) is 46.5 Å². The molecule has 1 aliphatic carbocycles. The van der Waals surface area contributed by atoms with Crippen molar-refractivity contribution >= 4 is 38.1 Å². The van der Waals surface area contributed by atoms with Gasteiger partial charge in [-0.2, -0.15) is 0 Å². The second-order valence-corrected chi connectivity index (χ2v) is 11.1. The maximum absolute atomic E-state index is 14.9. The SMILES string of the molecule is CCc1ccc(Nc2cc(=O)n(C)c3c2c(=O)n(C2CC2)c(=O)n3-c2cccc(NS(C)(=O)=O)c2)c(F)c1. The number of sulfonamides is 1.